The fraction of sp³-hybridized carbons (Fsp3) is 0.727. The standard InChI is InChI=1S/C22H31N3O3/c26-21(18-2-1-9-23-14-18)24-10-5-19(6-11-24)25-15-20(28-16-17-3-4-17)22(25)7-12-27-13-8-22/h1-2,9,14,17,19-20H,3-8,10-13,15-16H2. The van der Waals surface area contributed by atoms with E-state index in [0.29, 0.717) is 17.7 Å². The normalized spacial score (nSPS) is 28.3. The number of nitrogens with zero attached hydrogens (tertiary/aromatic N) is 3. The molecule has 6 heteroatoms. The van der Waals surface area contributed by atoms with Gasteiger partial charge in [-0.2, -0.15) is 0 Å². The number of rotatable bonds is 5. The fourth-order valence-corrected chi connectivity index (χ4v) is 5.25. The van der Waals surface area contributed by atoms with Crippen LogP contribution in [0.4, 0.5) is 0 Å². The summed E-state index contributed by atoms with van der Waals surface area (Å²) in [6, 6.07) is 4.24. The summed E-state index contributed by atoms with van der Waals surface area (Å²) in [5, 5.41) is 0. The molecular formula is C22H31N3O3. The summed E-state index contributed by atoms with van der Waals surface area (Å²) in [5.41, 5.74) is 0.868. The van der Waals surface area contributed by atoms with Gasteiger partial charge in [0.1, 0.15) is 0 Å². The number of amides is 1. The average molecular weight is 386 g/mol. The van der Waals surface area contributed by atoms with Crippen molar-refractivity contribution in [2.24, 2.45) is 5.92 Å². The van der Waals surface area contributed by atoms with Gasteiger partial charge in [-0.05, 0) is 56.6 Å². The Kier molecular flexibility index (Phi) is 5.11. The average Bonchev–Trinajstić information content (AvgIpc) is 3.58. The van der Waals surface area contributed by atoms with Crippen LogP contribution in [-0.2, 0) is 9.47 Å². The molecule has 3 saturated heterocycles. The van der Waals surface area contributed by atoms with Crippen LogP contribution in [0, 0.1) is 5.92 Å². The quantitative estimate of drug-likeness (QED) is 0.779. The van der Waals surface area contributed by atoms with Crippen molar-refractivity contribution in [1.82, 2.24) is 14.8 Å². The van der Waals surface area contributed by atoms with Gasteiger partial charge in [-0.15, -0.1) is 0 Å². The molecule has 4 fully saturated rings. The fourth-order valence-electron chi connectivity index (χ4n) is 5.25. The SMILES string of the molecule is O=C(c1cccnc1)N1CCC(N2CC(OCC3CC3)C23CCOCC3)CC1. The lowest BCUT2D eigenvalue weighted by atomic mass is 9.73. The molecule has 152 valence electrons. The zero-order valence-corrected chi connectivity index (χ0v) is 16.6. The molecule has 3 aliphatic heterocycles. The number of carbonyl (C=O) groups excluding carboxylic acids is 1. The van der Waals surface area contributed by atoms with E-state index >= 15 is 0 Å². The molecule has 0 aromatic carbocycles. The summed E-state index contributed by atoms with van der Waals surface area (Å²) in [4.78, 5) is 21.5. The van der Waals surface area contributed by atoms with Crippen molar-refractivity contribution in [2.75, 3.05) is 39.5 Å². The maximum Gasteiger partial charge on any atom is 0.255 e. The van der Waals surface area contributed by atoms with Crippen LogP contribution in [0.15, 0.2) is 24.5 Å². The van der Waals surface area contributed by atoms with E-state index in [1.807, 2.05) is 17.0 Å². The van der Waals surface area contributed by atoms with Crippen LogP contribution in [0.3, 0.4) is 0 Å². The number of pyridine rings is 1. The van der Waals surface area contributed by atoms with E-state index in [2.05, 4.69) is 9.88 Å². The third kappa shape index (κ3) is 3.46. The number of aromatic nitrogens is 1. The summed E-state index contributed by atoms with van der Waals surface area (Å²) >= 11 is 0. The van der Waals surface area contributed by atoms with Gasteiger partial charge >= 0.3 is 0 Å². The number of carbonyl (C=O) groups is 1. The Bertz CT molecular complexity index is 680. The van der Waals surface area contributed by atoms with Crippen molar-refractivity contribution < 1.29 is 14.3 Å². The molecule has 1 aromatic heterocycles. The highest BCUT2D eigenvalue weighted by molar-refractivity contribution is 5.93. The van der Waals surface area contributed by atoms with Crippen molar-refractivity contribution in [2.45, 2.75) is 56.2 Å². The van der Waals surface area contributed by atoms with Crippen molar-refractivity contribution in [3.05, 3.63) is 30.1 Å². The molecule has 0 N–H and O–H groups in total. The molecule has 4 aliphatic rings. The van der Waals surface area contributed by atoms with Crippen LogP contribution < -0.4 is 0 Å². The number of hydrogen-bond acceptors (Lipinski definition) is 5. The third-order valence-electron chi connectivity index (χ3n) is 7.22. The van der Waals surface area contributed by atoms with Crippen LogP contribution in [-0.4, -0.2) is 77.8 Å². The van der Waals surface area contributed by atoms with Gasteiger partial charge in [0, 0.05) is 57.9 Å². The van der Waals surface area contributed by atoms with E-state index in [1.165, 1.54) is 12.8 Å². The van der Waals surface area contributed by atoms with E-state index in [1.54, 1.807) is 12.4 Å². The van der Waals surface area contributed by atoms with Crippen molar-refractivity contribution in [3.63, 3.8) is 0 Å². The minimum atomic E-state index is 0.113. The van der Waals surface area contributed by atoms with Crippen molar-refractivity contribution in [3.8, 4) is 0 Å². The monoisotopic (exact) mass is 385 g/mol. The molecule has 4 heterocycles. The Morgan fingerprint density at radius 3 is 2.68 bits per heavy atom. The Labute approximate surface area is 167 Å². The zero-order valence-electron chi connectivity index (χ0n) is 16.6. The first-order chi connectivity index (χ1) is 13.8. The van der Waals surface area contributed by atoms with Crippen molar-refractivity contribution >= 4 is 5.91 Å². The molecule has 1 spiro atoms. The Morgan fingerprint density at radius 1 is 1.21 bits per heavy atom. The van der Waals surface area contributed by atoms with Gasteiger partial charge in [-0.25, -0.2) is 0 Å². The number of ether oxygens (including phenoxy) is 2. The molecule has 1 amide bonds. The second-order valence-corrected chi connectivity index (χ2v) is 8.90. The summed E-state index contributed by atoms with van der Waals surface area (Å²) in [6.07, 6.45) is 10.7. The first kappa shape index (κ1) is 18.5. The van der Waals surface area contributed by atoms with Gasteiger partial charge in [0.15, 0.2) is 0 Å². The van der Waals surface area contributed by atoms with Crippen LogP contribution in [0.5, 0.6) is 0 Å². The van der Waals surface area contributed by atoms with Gasteiger partial charge in [0.25, 0.3) is 5.91 Å². The minimum absolute atomic E-state index is 0.113. The van der Waals surface area contributed by atoms with E-state index < -0.39 is 0 Å². The summed E-state index contributed by atoms with van der Waals surface area (Å²) in [7, 11) is 0. The zero-order chi connectivity index (χ0) is 19.0. The molecule has 0 bridgehead atoms. The summed E-state index contributed by atoms with van der Waals surface area (Å²) < 4.78 is 12.0. The van der Waals surface area contributed by atoms with E-state index in [9.17, 15) is 4.79 Å². The first-order valence-corrected chi connectivity index (χ1v) is 10.9. The molecule has 1 aliphatic carbocycles. The number of hydrogen-bond donors (Lipinski definition) is 0. The van der Waals surface area contributed by atoms with Crippen molar-refractivity contribution in [1.29, 1.82) is 0 Å². The van der Waals surface area contributed by atoms with Gasteiger partial charge in [0.2, 0.25) is 0 Å². The molecule has 1 saturated carbocycles. The topological polar surface area (TPSA) is 54.9 Å². The molecule has 0 radical (unpaired) electrons. The molecule has 1 atom stereocenters. The second kappa shape index (κ2) is 7.73. The van der Waals surface area contributed by atoms with Gasteiger partial charge in [-0.3, -0.25) is 14.7 Å². The highest BCUT2D eigenvalue weighted by Gasteiger charge is 2.57. The lowest BCUT2D eigenvalue weighted by Crippen LogP contribution is -2.76. The van der Waals surface area contributed by atoms with E-state index in [4.69, 9.17) is 9.47 Å². The van der Waals surface area contributed by atoms with E-state index in [-0.39, 0.29) is 11.4 Å². The summed E-state index contributed by atoms with van der Waals surface area (Å²) in [6.45, 7) is 5.34. The molecule has 1 aromatic rings. The highest BCUT2D eigenvalue weighted by atomic mass is 16.5. The first-order valence-electron chi connectivity index (χ1n) is 10.9. The predicted octanol–water partition coefficient (Wildman–Crippen LogP) is 2.35. The number of piperidine rings is 1. The van der Waals surface area contributed by atoms with Gasteiger partial charge < -0.3 is 14.4 Å². The Hall–Kier alpha value is -1.50. The van der Waals surface area contributed by atoms with Crippen LogP contribution in [0.1, 0.15) is 48.9 Å². The van der Waals surface area contributed by atoms with Gasteiger partial charge in [0.05, 0.1) is 17.2 Å². The van der Waals surface area contributed by atoms with E-state index in [0.717, 1.165) is 71.1 Å². The molecular weight excluding hydrogens is 354 g/mol. The maximum absolute atomic E-state index is 12.7. The smallest absolute Gasteiger partial charge is 0.255 e. The Morgan fingerprint density at radius 2 is 2.00 bits per heavy atom. The minimum Gasteiger partial charge on any atom is -0.381 e. The molecule has 28 heavy (non-hydrogen) atoms. The largest absolute Gasteiger partial charge is 0.381 e. The molecule has 6 nitrogen and oxygen atoms in total. The predicted molar refractivity (Wildman–Crippen MR) is 105 cm³/mol. The third-order valence-corrected chi connectivity index (χ3v) is 7.22. The molecule has 5 rings (SSSR count). The van der Waals surface area contributed by atoms with Crippen LogP contribution >= 0.6 is 0 Å². The maximum atomic E-state index is 12.7. The van der Waals surface area contributed by atoms with Crippen LogP contribution in [0.2, 0.25) is 0 Å². The lowest BCUT2D eigenvalue weighted by molar-refractivity contribution is -0.217. The lowest BCUT2D eigenvalue weighted by Gasteiger charge is -2.63. The molecule has 1 unspecified atom stereocenters. The summed E-state index contributed by atoms with van der Waals surface area (Å²) in [5.74, 6) is 0.925. The van der Waals surface area contributed by atoms with Gasteiger partial charge in [-0.1, -0.05) is 0 Å². The van der Waals surface area contributed by atoms with Crippen LogP contribution in [0.25, 0.3) is 0 Å². The highest BCUT2D eigenvalue weighted by Crippen LogP contribution is 2.45. The Balaban J connectivity index is 1.20. The second-order valence-electron chi connectivity index (χ2n) is 8.90. The number of likely N-dealkylation sites (tertiary alicyclic amines) is 2.